The molecule has 2 aromatic heterocycles. The third-order valence-corrected chi connectivity index (χ3v) is 4.80. The Kier molecular flexibility index (Phi) is 3.83. The minimum Gasteiger partial charge on any atom is -0.497 e. The molecule has 1 aliphatic rings. The zero-order chi connectivity index (χ0) is 20.0. The Labute approximate surface area is 163 Å². The SMILES string of the molecule is COc1ccc(-c2n[nH]c(=O)c3c2C(c2cccc(F)c2)n2nnnc2N3)cc1. The van der Waals surface area contributed by atoms with E-state index >= 15 is 0 Å². The molecule has 29 heavy (non-hydrogen) atoms. The number of hydrogen-bond donors (Lipinski definition) is 2. The van der Waals surface area contributed by atoms with E-state index in [0.717, 1.165) is 5.56 Å². The molecule has 1 atom stereocenters. The van der Waals surface area contributed by atoms with Crippen LogP contribution in [0.2, 0.25) is 0 Å². The number of rotatable bonds is 3. The first-order chi connectivity index (χ1) is 14.2. The average molecular weight is 391 g/mol. The highest BCUT2D eigenvalue weighted by Crippen LogP contribution is 2.41. The Balaban J connectivity index is 1.79. The summed E-state index contributed by atoms with van der Waals surface area (Å²) < 4.78 is 20.7. The van der Waals surface area contributed by atoms with Gasteiger partial charge in [0.15, 0.2) is 0 Å². The summed E-state index contributed by atoms with van der Waals surface area (Å²) in [4.78, 5) is 12.6. The lowest BCUT2D eigenvalue weighted by molar-refractivity contribution is 0.415. The number of benzene rings is 2. The standard InChI is InChI=1S/C19H14FN7O2/c1-29-13-7-5-10(6-8-13)15-14-16(18(28)23-22-15)21-19-24-25-26-27(19)17(14)11-3-2-4-12(20)9-11/h2-9,17H,1H3,(H,23,28)(H,21,24,26). The van der Waals surface area contributed by atoms with E-state index in [1.165, 1.54) is 16.8 Å². The van der Waals surface area contributed by atoms with Crippen molar-refractivity contribution in [2.75, 3.05) is 12.4 Å². The van der Waals surface area contributed by atoms with Crippen molar-refractivity contribution in [3.05, 3.63) is 75.8 Å². The highest BCUT2D eigenvalue weighted by atomic mass is 19.1. The van der Waals surface area contributed by atoms with Gasteiger partial charge in [-0.2, -0.15) is 9.78 Å². The van der Waals surface area contributed by atoms with Crippen LogP contribution in [0.3, 0.4) is 0 Å². The second-order valence-electron chi connectivity index (χ2n) is 6.45. The van der Waals surface area contributed by atoms with Gasteiger partial charge in [-0.1, -0.05) is 17.2 Å². The van der Waals surface area contributed by atoms with Gasteiger partial charge in [-0.3, -0.25) is 4.79 Å². The van der Waals surface area contributed by atoms with Crippen molar-refractivity contribution in [2.24, 2.45) is 0 Å². The normalized spacial score (nSPS) is 14.6. The molecule has 1 aliphatic heterocycles. The van der Waals surface area contributed by atoms with Gasteiger partial charge in [-0.15, -0.1) is 0 Å². The van der Waals surface area contributed by atoms with Gasteiger partial charge in [0.05, 0.1) is 12.8 Å². The van der Waals surface area contributed by atoms with Crippen molar-refractivity contribution < 1.29 is 9.13 Å². The van der Waals surface area contributed by atoms with E-state index in [2.05, 4.69) is 31.0 Å². The van der Waals surface area contributed by atoms with E-state index in [1.54, 1.807) is 31.4 Å². The molecular weight excluding hydrogens is 377 g/mol. The topological polar surface area (TPSA) is 111 Å². The molecule has 144 valence electrons. The Bertz CT molecular complexity index is 1270. The van der Waals surface area contributed by atoms with Crippen LogP contribution in [0.5, 0.6) is 5.75 Å². The van der Waals surface area contributed by atoms with Gasteiger partial charge in [0, 0.05) is 11.1 Å². The first kappa shape index (κ1) is 17.0. The molecule has 0 aliphatic carbocycles. The molecule has 0 spiro atoms. The number of hydrogen-bond acceptors (Lipinski definition) is 7. The average Bonchev–Trinajstić information content (AvgIpc) is 3.21. The lowest BCUT2D eigenvalue weighted by atomic mass is 9.92. The number of nitrogens with zero attached hydrogens (tertiary/aromatic N) is 5. The van der Waals surface area contributed by atoms with E-state index in [9.17, 15) is 9.18 Å². The van der Waals surface area contributed by atoms with Gasteiger partial charge in [0.1, 0.15) is 23.3 Å². The zero-order valence-corrected chi connectivity index (χ0v) is 15.1. The molecule has 10 heteroatoms. The van der Waals surface area contributed by atoms with Gasteiger partial charge < -0.3 is 10.1 Å². The summed E-state index contributed by atoms with van der Waals surface area (Å²) in [6.07, 6.45) is 0. The maximum absolute atomic E-state index is 14.0. The Hall–Kier alpha value is -4.08. The molecular formula is C19H14FN7O2. The lowest BCUT2D eigenvalue weighted by Gasteiger charge is -2.27. The summed E-state index contributed by atoms with van der Waals surface area (Å²) in [6, 6.07) is 12.7. The largest absolute Gasteiger partial charge is 0.497 e. The zero-order valence-electron chi connectivity index (χ0n) is 15.1. The molecule has 0 bridgehead atoms. The van der Waals surface area contributed by atoms with Crippen molar-refractivity contribution >= 4 is 11.6 Å². The van der Waals surface area contributed by atoms with Crippen molar-refractivity contribution in [2.45, 2.75) is 6.04 Å². The number of fused-ring (bicyclic) bond motifs is 2. The fraction of sp³-hybridized carbons (Fsp3) is 0.105. The van der Waals surface area contributed by atoms with Crippen molar-refractivity contribution in [1.29, 1.82) is 0 Å². The van der Waals surface area contributed by atoms with E-state index in [4.69, 9.17) is 4.74 Å². The van der Waals surface area contributed by atoms with Crippen molar-refractivity contribution in [1.82, 2.24) is 30.4 Å². The third-order valence-electron chi connectivity index (χ3n) is 4.80. The number of anilines is 2. The van der Waals surface area contributed by atoms with E-state index in [1.807, 2.05) is 12.1 Å². The molecule has 0 radical (unpaired) electrons. The third kappa shape index (κ3) is 2.73. The van der Waals surface area contributed by atoms with Crippen molar-refractivity contribution in [3.63, 3.8) is 0 Å². The van der Waals surface area contributed by atoms with Gasteiger partial charge in [0.25, 0.3) is 5.56 Å². The highest BCUT2D eigenvalue weighted by molar-refractivity contribution is 5.75. The van der Waals surface area contributed by atoms with Crippen LogP contribution in [0, 0.1) is 5.82 Å². The summed E-state index contributed by atoms with van der Waals surface area (Å²) in [5.74, 6) is 0.569. The quantitative estimate of drug-likeness (QED) is 0.485. The fourth-order valence-corrected chi connectivity index (χ4v) is 3.49. The Morgan fingerprint density at radius 2 is 2.00 bits per heavy atom. The molecule has 0 saturated heterocycles. The summed E-state index contributed by atoms with van der Waals surface area (Å²) >= 11 is 0. The Morgan fingerprint density at radius 3 is 2.76 bits per heavy atom. The number of ether oxygens (including phenoxy) is 1. The lowest BCUT2D eigenvalue weighted by Crippen LogP contribution is -2.29. The van der Waals surface area contributed by atoms with Gasteiger partial charge in [-0.25, -0.2) is 9.49 Å². The summed E-state index contributed by atoms with van der Waals surface area (Å²) in [5, 5.41) is 21.4. The Morgan fingerprint density at radius 1 is 1.17 bits per heavy atom. The highest BCUT2D eigenvalue weighted by Gasteiger charge is 2.34. The van der Waals surface area contributed by atoms with Gasteiger partial charge in [0.2, 0.25) is 5.95 Å². The van der Waals surface area contributed by atoms with Crippen LogP contribution in [-0.4, -0.2) is 37.5 Å². The molecule has 9 nitrogen and oxygen atoms in total. The first-order valence-electron chi connectivity index (χ1n) is 8.73. The maximum atomic E-state index is 14.0. The molecule has 4 aromatic rings. The molecule has 0 fully saturated rings. The van der Waals surface area contributed by atoms with Crippen LogP contribution < -0.4 is 15.6 Å². The maximum Gasteiger partial charge on any atom is 0.288 e. The summed E-state index contributed by atoms with van der Waals surface area (Å²) in [5.41, 5.74) is 2.24. The molecule has 5 rings (SSSR count). The predicted molar refractivity (Wildman–Crippen MR) is 102 cm³/mol. The fourth-order valence-electron chi connectivity index (χ4n) is 3.49. The monoisotopic (exact) mass is 391 g/mol. The van der Waals surface area contributed by atoms with Crippen LogP contribution in [-0.2, 0) is 0 Å². The number of aromatic amines is 1. The smallest absolute Gasteiger partial charge is 0.288 e. The van der Waals surface area contributed by atoms with Crippen LogP contribution in [0.15, 0.2) is 53.3 Å². The van der Waals surface area contributed by atoms with Crippen LogP contribution in [0.1, 0.15) is 17.2 Å². The second-order valence-corrected chi connectivity index (χ2v) is 6.45. The van der Waals surface area contributed by atoms with E-state index in [0.29, 0.717) is 22.6 Å². The van der Waals surface area contributed by atoms with Crippen LogP contribution in [0.4, 0.5) is 16.0 Å². The second kappa shape index (κ2) is 6.51. The summed E-state index contributed by atoms with van der Waals surface area (Å²) in [7, 11) is 1.58. The minimum atomic E-state index is -0.640. The first-order valence-corrected chi connectivity index (χ1v) is 8.73. The number of nitrogens with one attached hydrogen (secondary N) is 2. The number of H-pyrrole nitrogens is 1. The molecule has 0 amide bonds. The number of methoxy groups -OCH3 is 1. The number of tetrazole rings is 1. The molecule has 3 heterocycles. The molecule has 0 saturated carbocycles. The summed E-state index contributed by atoms with van der Waals surface area (Å²) in [6.45, 7) is 0. The van der Waals surface area contributed by atoms with E-state index in [-0.39, 0.29) is 11.6 Å². The number of halogens is 1. The molecule has 1 unspecified atom stereocenters. The van der Waals surface area contributed by atoms with Gasteiger partial charge in [-0.05, 0) is 52.4 Å². The molecule has 2 N–H and O–H groups in total. The number of aromatic nitrogens is 6. The van der Waals surface area contributed by atoms with Gasteiger partial charge >= 0.3 is 0 Å². The van der Waals surface area contributed by atoms with E-state index < -0.39 is 17.4 Å². The van der Waals surface area contributed by atoms with Crippen molar-refractivity contribution in [3.8, 4) is 17.0 Å². The van der Waals surface area contributed by atoms with Crippen LogP contribution >= 0.6 is 0 Å². The van der Waals surface area contributed by atoms with Crippen LogP contribution in [0.25, 0.3) is 11.3 Å². The minimum absolute atomic E-state index is 0.266. The molecule has 2 aromatic carbocycles. The predicted octanol–water partition coefficient (Wildman–Crippen LogP) is 2.27.